The number of hydrogen-bond acceptors (Lipinski definition) is 4. The highest BCUT2D eigenvalue weighted by Crippen LogP contribution is 2.26. The van der Waals surface area contributed by atoms with Crippen LogP contribution in [0.3, 0.4) is 0 Å². The normalized spacial score (nSPS) is 21.7. The van der Waals surface area contributed by atoms with Crippen LogP contribution in [0.2, 0.25) is 0 Å². The van der Waals surface area contributed by atoms with Gasteiger partial charge in [-0.15, -0.1) is 0 Å². The maximum absolute atomic E-state index is 13.1. The van der Waals surface area contributed by atoms with Crippen molar-refractivity contribution in [1.82, 2.24) is 19.7 Å². The molecule has 6 nitrogen and oxygen atoms in total. The minimum atomic E-state index is 0.0431. The molecule has 1 saturated heterocycles. The Balaban J connectivity index is 1.96. The van der Waals surface area contributed by atoms with Gasteiger partial charge < -0.3 is 10.6 Å². The second-order valence-corrected chi connectivity index (χ2v) is 7.23. The van der Waals surface area contributed by atoms with Crippen molar-refractivity contribution >= 4 is 16.9 Å². The van der Waals surface area contributed by atoms with Gasteiger partial charge in [0.2, 0.25) is 0 Å². The third-order valence-corrected chi connectivity index (χ3v) is 4.99. The first-order chi connectivity index (χ1) is 11.4. The van der Waals surface area contributed by atoms with E-state index in [1.54, 1.807) is 6.20 Å². The fraction of sp³-hybridized carbons (Fsp3) is 0.611. The lowest BCUT2D eigenvalue weighted by molar-refractivity contribution is 0.0572. The molecule has 3 rings (SSSR count). The maximum Gasteiger partial charge on any atom is 0.256 e. The Morgan fingerprint density at radius 3 is 2.88 bits per heavy atom. The number of aromatic nitrogens is 3. The van der Waals surface area contributed by atoms with E-state index in [4.69, 9.17) is 5.73 Å². The highest BCUT2D eigenvalue weighted by Gasteiger charge is 2.30. The Labute approximate surface area is 143 Å². The van der Waals surface area contributed by atoms with Crippen LogP contribution < -0.4 is 5.73 Å². The van der Waals surface area contributed by atoms with E-state index in [1.807, 2.05) is 22.6 Å². The summed E-state index contributed by atoms with van der Waals surface area (Å²) in [6.07, 6.45) is 3.79. The number of fused-ring (bicyclic) bond motifs is 1. The topological polar surface area (TPSA) is 77.0 Å². The van der Waals surface area contributed by atoms with Crippen molar-refractivity contribution in [2.24, 2.45) is 11.7 Å². The van der Waals surface area contributed by atoms with Crippen molar-refractivity contribution in [2.45, 2.75) is 52.6 Å². The Morgan fingerprint density at radius 1 is 1.46 bits per heavy atom. The molecule has 130 valence electrons. The maximum atomic E-state index is 13.1. The average molecular weight is 329 g/mol. The van der Waals surface area contributed by atoms with Crippen LogP contribution in [0.5, 0.6) is 0 Å². The van der Waals surface area contributed by atoms with Gasteiger partial charge in [0.05, 0.1) is 17.5 Å². The molecule has 0 aromatic carbocycles. The van der Waals surface area contributed by atoms with Gasteiger partial charge in [-0.05, 0) is 45.6 Å². The van der Waals surface area contributed by atoms with E-state index < -0.39 is 0 Å². The quantitative estimate of drug-likeness (QED) is 0.938. The fourth-order valence-corrected chi connectivity index (χ4v) is 3.56. The van der Waals surface area contributed by atoms with Crippen molar-refractivity contribution in [3.8, 4) is 0 Å². The Bertz CT molecular complexity index is 751. The number of hydrogen-bond donors (Lipinski definition) is 1. The lowest BCUT2D eigenvalue weighted by Gasteiger charge is -2.38. The molecule has 1 amide bonds. The summed E-state index contributed by atoms with van der Waals surface area (Å²) < 4.78 is 1.89. The largest absolute Gasteiger partial charge is 0.334 e. The molecule has 6 heteroatoms. The smallest absolute Gasteiger partial charge is 0.256 e. The Hall–Kier alpha value is -1.95. The van der Waals surface area contributed by atoms with Crippen molar-refractivity contribution < 1.29 is 4.79 Å². The summed E-state index contributed by atoms with van der Waals surface area (Å²) in [6, 6.07) is 2.29. The van der Waals surface area contributed by atoms with Gasteiger partial charge in [-0.2, -0.15) is 5.10 Å². The van der Waals surface area contributed by atoms with Gasteiger partial charge in [-0.1, -0.05) is 6.92 Å². The number of carbonyl (C=O) groups is 1. The van der Waals surface area contributed by atoms with E-state index in [9.17, 15) is 4.79 Å². The second-order valence-electron chi connectivity index (χ2n) is 7.23. The zero-order chi connectivity index (χ0) is 17.4. The molecule has 0 saturated carbocycles. The molecule has 3 heterocycles. The van der Waals surface area contributed by atoms with E-state index in [1.165, 1.54) is 0 Å². The number of amides is 1. The summed E-state index contributed by atoms with van der Waals surface area (Å²) in [5.74, 6) is 0.662. The molecule has 2 N–H and O–H groups in total. The predicted octanol–water partition coefficient (Wildman–Crippen LogP) is 2.52. The monoisotopic (exact) mass is 329 g/mol. The van der Waals surface area contributed by atoms with Crippen LogP contribution in [0.1, 0.15) is 55.7 Å². The molecule has 1 aliphatic rings. The highest BCUT2D eigenvalue weighted by molar-refractivity contribution is 5.98. The number of nitrogens with zero attached hydrogens (tertiary/aromatic N) is 4. The zero-order valence-electron chi connectivity index (χ0n) is 15.0. The SMILES string of the molecule is Cc1nc2c(cnn2C(C)C)cc1C(=O)N1CCC(C)CC1CN. The van der Waals surface area contributed by atoms with E-state index in [-0.39, 0.29) is 18.0 Å². The third-order valence-electron chi connectivity index (χ3n) is 4.99. The van der Waals surface area contributed by atoms with Crippen molar-refractivity contribution in [3.63, 3.8) is 0 Å². The Kier molecular flexibility index (Phi) is 4.58. The summed E-state index contributed by atoms with van der Waals surface area (Å²) in [6.45, 7) is 9.55. The number of rotatable bonds is 3. The summed E-state index contributed by atoms with van der Waals surface area (Å²) in [5, 5.41) is 5.31. The number of nitrogens with two attached hydrogens (primary N) is 1. The van der Waals surface area contributed by atoms with Gasteiger partial charge in [0.1, 0.15) is 0 Å². The van der Waals surface area contributed by atoms with Crippen LogP contribution in [0.4, 0.5) is 0 Å². The van der Waals surface area contributed by atoms with E-state index in [0.29, 0.717) is 18.0 Å². The molecular weight excluding hydrogens is 302 g/mol. The van der Waals surface area contributed by atoms with Gasteiger partial charge >= 0.3 is 0 Å². The van der Waals surface area contributed by atoms with Gasteiger partial charge in [-0.25, -0.2) is 9.67 Å². The summed E-state index contributed by atoms with van der Waals surface area (Å²) >= 11 is 0. The van der Waals surface area contributed by atoms with Crippen LogP contribution in [0.15, 0.2) is 12.3 Å². The summed E-state index contributed by atoms with van der Waals surface area (Å²) in [4.78, 5) is 19.7. The average Bonchev–Trinajstić information content (AvgIpc) is 2.96. The number of carbonyl (C=O) groups excluding carboxylic acids is 1. The number of aryl methyl sites for hydroxylation is 1. The molecule has 0 aliphatic carbocycles. The Morgan fingerprint density at radius 2 is 2.21 bits per heavy atom. The van der Waals surface area contributed by atoms with Gasteiger partial charge in [0.15, 0.2) is 5.65 Å². The van der Waals surface area contributed by atoms with Gasteiger partial charge in [0, 0.05) is 30.6 Å². The van der Waals surface area contributed by atoms with Gasteiger partial charge in [-0.3, -0.25) is 4.79 Å². The molecule has 2 aromatic heterocycles. The van der Waals surface area contributed by atoms with Gasteiger partial charge in [0.25, 0.3) is 5.91 Å². The molecule has 0 bridgehead atoms. The van der Waals surface area contributed by atoms with Crippen LogP contribution >= 0.6 is 0 Å². The highest BCUT2D eigenvalue weighted by atomic mass is 16.2. The standard InChI is InChI=1S/C18H27N5O/c1-11(2)23-17-14(10-20-23)8-16(13(4)21-17)18(24)22-6-5-12(3)7-15(22)9-19/h8,10-12,15H,5-7,9,19H2,1-4H3. The van der Waals surface area contributed by atoms with Crippen LogP contribution in [-0.2, 0) is 0 Å². The van der Waals surface area contributed by atoms with E-state index in [0.717, 1.165) is 36.1 Å². The number of pyridine rings is 1. The summed E-state index contributed by atoms with van der Waals surface area (Å²) in [5.41, 5.74) is 8.17. The van der Waals surface area contributed by atoms with E-state index in [2.05, 4.69) is 30.9 Å². The molecule has 1 aliphatic heterocycles. The number of likely N-dealkylation sites (tertiary alicyclic amines) is 1. The molecule has 1 fully saturated rings. The van der Waals surface area contributed by atoms with Crippen LogP contribution in [0, 0.1) is 12.8 Å². The first-order valence-corrected chi connectivity index (χ1v) is 8.78. The molecular formula is C18H27N5O. The van der Waals surface area contributed by atoms with E-state index >= 15 is 0 Å². The van der Waals surface area contributed by atoms with Crippen LogP contribution in [0.25, 0.3) is 11.0 Å². The molecule has 0 radical (unpaired) electrons. The number of piperidine rings is 1. The lowest BCUT2D eigenvalue weighted by atomic mass is 9.91. The predicted molar refractivity (Wildman–Crippen MR) is 94.9 cm³/mol. The van der Waals surface area contributed by atoms with Crippen molar-refractivity contribution in [1.29, 1.82) is 0 Å². The molecule has 24 heavy (non-hydrogen) atoms. The first-order valence-electron chi connectivity index (χ1n) is 8.78. The zero-order valence-corrected chi connectivity index (χ0v) is 15.0. The van der Waals surface area contributed by atoms with Crippen LogP contribution in [-0.4, -0.2) is 44.7 Å². The third kappa shape index (κ3) is 2.90. The molecule has 2 atom stereocenters. The lowest BCUT2D eigenvalue weighted by Crippen LogP contribution is -2.49. The van der Waals surface area contributed by atoms with Crippen molar-refractivity contribution in [2.75, 3.05) is 13.1 Å². The summed E-state index contributed by atoms with van der Waals surface area (Å²) in [7, 11) is 0. The molecule has 0 spiro atoms. The fourth-order valence-electron chi connectivity index (χ4n) is 3.56. The molecule has 2 unspecified atom stereocenters. The van der Waals surface area contributed by atoms with Crippen molar-refractivity contribution in [3.05, 3.63) is 23.5 Å². The molecule has 2 aromatic rings. The second kappa shape index (κ2) is 6.51. The minimum absolute atomic E-state index is 0.0431. The first kappa shape index (κ1) is 16.9. The minimum Gasteiger partial charge on any atom is -0.334 e.